The van der Waals surface area contributed by atoms with Crippen LogP contribution in [0.15, 0.2) is 15.9 Å². The van der Waals surface area contributed by atoms with E-state index >= 15 is 0 Å². The fourth-order valence-electron chi connectivity index (χ4n) is 1.25. The molecular weight excluding hydrogens is 274 g/mol. The molecule has 0 bridgehead atoms. The van der Waals surface area contributed by atoms with Gasteiger partial charge in [0.2, 0.25) is 5.91 Å². The Balaban J connectivity index is 2.20. The summed E-state index contributed by atoms with van der Waals surface area (Å²) in [5.41, 5.74) is 0. The lowest BCUT2D eigenvalue weighted by molar-refractivity contribution is -0.121. The van der Waals surface area contributed by atoms with E-state index in [0.29, 0.717) is 13.0 Å². The second kappa shape index (κ2) is 7.01. The third kappa shape index (κ3) is 4.80. The Hall–Kier alpha value is -0.350. The highest BCUT2D eigenvalue weighted by atomic mass is 79.9. The number of rotatable bonds is 6. The average molecular weight is 290 g/mol. The van der Waals surface area contributed by atoms with Gasteiger partial charge in [0.15, 0.2) is 0 Å². The molecule has 0 atom stereocenters. The molecule has 0 aliphatic rings. The molecule has 0 spiro atoms. The maximum atomic E-state index is 11.4. The van der Waals surface area contributed by atoms with Gasteiger partial charge in [-0.25, -0.2) is 0 Å². The van der Waals surface area contributed by atoms with Gasteiger partial charge in [-0.15, -0.1) is 11.3 Å². The first-order valence-electron chi connectivity index (χ1n) is 5.22. The molecular formula is C11H16BrNOS. The van der Waals surface area contributed by atoms with Crippen LogP contribution >= 0.6 is 27.3 Å². The molecule has 0 radical (unpaired) electrons. The Morgan fingerprint density at radius 2 is 2.33 bits per heavy atom. The Labute approximate surface area is 103 Å². The van der Waals surface area contributed by atoms with Crippen LogP contribution in [0.4, 0.5) is 0 Å². The van der Waals surface area contributed by atoms with Crippen LogP contribution in [0.1, 0.15) is 37.5 Å². The summed E-state index contributed by atoms with van der Waals surface area (Å²) in [6.45, 7) is 2.78. The summed E-state index contributed by atoms with van der Waals surface area (Å²) in [4.78, 5) is 12.6. The highest BCUT2D eigenvalue weighted by Gasteiger charge is 2.04. The van der Waals surface area contributed by atoms with Gasteiger partial charge in [0.25, 0.3) is 0 Å². The van der Waals surface area contributed by atoms with Crippen LogP contribution in [0, 0.1) is 0 Å². The highest BCUT2D eigenvalue weighted by Crippen LogP contribution is 2.22. The van der Waals surface area contributed by atoms with E-state index in [0.717, 1.165) is 23.7 Å². The minimum Gasteiger partial charge on any atom is -0.351 e. The number of unbranched alkanes of at least 4 members (excludes halogenated alkanes) is 2. The summed E-state index contributed by atoms with van der Waals surface area (Å²) in [5.74, 6) is 0.156. The van der Waals surface area contributed by atoms with Crippen LogP contribution < -0.4 is 5.32 Å². The second-order valence-electron chi connectivity index (χ2n) is 3.43. The molecule has 4 heteroatoms. The predicted octanol–water partition coefficient (Wildman–Crippen LogP) is 3.71. The molecule has 2 nitrogen and oxygen atoms in total. The van der Waals surface area contributed by atoms with Crippen molar-refractivity contribution in [3.8, 4) is 0 Å². The first kappa shape index (κ1) is 12.7. The van der Waals surface area contributed by atoms with Gasteiger partial charge in [0.1, 0.15) is 0 Å². The number of thiophene rings is 1. The molecule has 0 unspecified atom stereocenters. The van der Waals surface area contributed by atoms with Crippen molar-refractivity contribution in [2.45, 2.75) is 39.2 Å². The number of carbonyl (C=O) groups excluding carboxylic acids is 1. The fourth-order valence-corrected chi connectivity index (χ4v) is 2.69. The lowest BCUT2D eigenvalue weighted by Gasteiger charge is -2.03. The van der Waals surface area contributed by atoms with Crippen molar-refractivity contribution in [1.29, 1.82) is 0 Å². The normalized spacial score (nSPS) is 10.3. The molecule has 1 amide bonds. The highest BCUT2D eigenvalue weighted by molar-refractivity contribution is 9.10. The zero-order chi connectivity index (χ0) is 11.1. The van der Waals surface area contributed by atoms with E-state index in [9.17, 15) is 4.79 Å². The quantitative estimate of drug-likeness (QED) is 0.795. The van der Waals surface area contributed by atoms with E-state index in [-0.39, 0.29) is 5.91 Å². The number of hydrogen-bond donors (Lipinski definition) is 1. The Bertz CT molecular complexity index is 311. The van der Waals surface area contributed by atoms with Gasteiger partial charge in [-0.3, -0.25) is 4.79 Å². The van der Waals surface area contributed by atoms with Gasteiger partial charge >= 0.3 is 0 Å². The van der Waals surface area contributed by atoms with E-state index < -0.39 is 0 Å². The van der Waals surface area contributed by atoms with Gasteiger partial charge in [-0.1, -0.05) is 19.8 Å². The standard InChI is InChI=1S/C11H16BrNOS/c1-2-3-4-5-11(14)13-8-10-9(12)6-7-15-10/h6-7H,2-5,8H2,1H3,(H,13,14). The average Bonchev–Trinajstić information content (AvgIpc) is 2.61. The summed E-state index contributed by atoms with van der Waals surface area (Å²) >= 11 is 5.10. The van der Waals surface area contributed by atoms with E-state index in [1.54, 1.807) is 11.3 Å². The molecule has 0 fully saturated rings. The van der Waals surface area contributed by atoms with Gasteiger partial charge in [0.05, 0.1) is 6.54 Å². The van der Waals surface area contributed by atoms with Crippen LogP contribution in [0.2, 0.25) is 0 Å². The van der Waals surface area contributed by atoms with Crippen LogP contribution in [-0.4, -0.2) is 5.91 Å². The molecule has 1 rings (SSSR count). The monoisotopic (exact) mass is 289 g/mol. The van der Waals surface area contributed by atoms with Crippen LogP contribution in [0.3, 0.4) is 0 Å². The summed E-state index contributed by atoms with van der Waals surface area (Å²) in [7, 11) is 0. The van der Waals surface area contributed by atoms with Gasteiger partial charge < -0.3 is 5.32 Å². The number of nitrogens with one attached hydrogen (secondary N) is 1. The predicted molar refractivity (Wildman–Crippen MR) is 68.0 cm³/mol. The molecule has 1 aromatic heterocycles. The van der Waals surface area contributed by atoms with Crippen molar-refractivity contribution in [1.82, 2.24) is 5.32 Å². The van der Waals surface area contributed by atoms with Crippen molar-refractivity contribution in [3.05, 3.63) is 20.8 Å². The Kier molecular flexibility index (Phi) is 5.95. The van der Waals surface area contributed by atoms with E-state index in [1.165, 1.54) is 4.88 Å². The lowest BCUT2D eigenvalue weighted by atomic mass is 10.2. The Morgan fingerprint density at radius 1 is 1.53 bits per heavy atom. The van der Waals surface area contributed by atoms with Gasteiger partial charge in [-0.05, 0) is 33.8 Å². The number of amides is 1. The molecule has 15 heavy (non-hydrogen) atoms. The van der Waals surface area contributed by atoms with E-state index in [1.807, 2.05) is 11.4 Å². The van der Waals surface area contributed by atoms with Crippen LogP contribution in [0.25, 0.3) is 0 Å². The number of hydrogen-bond acceptors (Lipinski definition) is 2. The molecule has 0 saturated heterocycles. The molecule has 0 saturated carbocycles. The van der Waals surface area contributed by atoms with Crippen molar-refractivity contribution >= 4 is 33.2 Å². The third-order valence-corrected chi connectivity index (χ3v) is 4.07. The van der Waals surface area contributed by atoms with E-state index in [4.69, 9.17) is 0 Å². The molecule has 1 N–H and O–H groups in total. The number of halogens is 1. The molecule has 1 heterocycles. The largest absolute Gasteiger partial charge is 0.351 e. The third-order valence-electron chi connectivity index (χ3n) is 2.14. The lowest BCUT2D eigenvalue weighted by Crippen LogP contribution is -2.21. The minimum atomic E-state index is 0.156. The second-order valence-corrected chi connectivity index (χ2v) is 5.28. The SMILES string of the molecule is CCCCCC(=O)NCc1sccc1Br. The van der Waals surface area contributed by atoms with Gasteiger partial charge in [0, 0.05) is 15.8 Å². The van der Waals surface area contributed by atoms with Gasteiger partial charge in [-0.2, -0.15) is 0 Å². The topological polar surface area (TPSA) is 29.1 Å². The minimum absolute atomic E-state index is 0.156. The summed E-state index contributed by atoms with van der Waals surface area (Å²) in [6, 6.07) is 2.00. The number of carbonyl (C=O) groups is 1. The first-order valence-corrected chi connectivity index (χ1v) is 6.90. The maximum absolute atomic E-state index is 11.4. The fraction of sp³-hybridized carbons (Fsp3) is 0.545. The molecule has 0 aliphatic carbocycles. The molecule has 84 valence electrons. The summed E-state index contributed by atoms with van der Waals surface area (Å²) in [5, 5.41) is 4.94. The van der Waals surface area contributed by atoms with Crippen LogP contribution in [0.5, 0.6) is 0 Å². The molecule has 0 aromatic carbocycles. The van der Waals surface area contributed by atoms with Crippen molar-refractivity contribution in [2.75, 3.05) is 0 Å². The summed E-state index contributed by atoms with van der Waals surface area (Å²) < 4.78 is 1.08. The molecule has 1 aromatic rings. The summed E-state index contributed by atoms with van der Waals surface area (Å²) in [6.07, 6.45) is 3.94. The van der Waals surface area contributed by atoms with Crippen LogP contribution in [-0.2, 0) is 11.3 Å². The Morgan fingerprint density at radius 3 is 2.93 bits per heavy atom. The molecule has 0 aliphatic heterocycles. The van der Waals surface area contributed by atoms with Crippen molar-refractivity contribution in [2.24, 2.45) is 0 Å². The van der Waals surface area contributed by atoms with Crippen molar-refractivity contribution in [3.63, 3.8) is 0 Å². The smallest absolute Gasteiger partial charge is 0.220 e. The maximum Gasteiger partial charge on any atom is 0.220 e. The van der Waals surface area contributed by atoms with E-state index in [2.05, 4.69) is 28.2 Å². The zero-order valence-corrected chi connectivity index (χ0v) is 11.3. The zero-order valence-electron chi connectivity index (χ0n) is 8.88. The first-order chi connectivity index (χ1) is 7.24. The van der Waals surface area contributed by atoms with Crippen molar-refractivity contribution < 1.29 is 4.79 Å².